The monoisotopic (exact) mass is 270 g/mol. The Morgan fingerprint density at radius 3 is 2.25 bits per heavy atom. The Labute approximate surface area is 116 Å². The number of hydrogen-bond donors (Lipinski definition) is 1. The average Bonchev–Trinajstić information content (AvgIpc) is 2.46. The standard InChI is InChI=1S/C15H14N2O3/c1-11-2-4-13(5-3-11)17(10-14(18)19)15(20)12-6-8-16-9-7-12/h2-9H,10H2,1H3,(H,18,19). The van der Waals surface area contributed by atoms with Crippen LogP contribution >= 0.6 is 0 Å². The van der Waals surface area contributed by atoms with Crippen LogP contribution in [0.4, 0.5) is 5.69 Å². The van der Waals surface area contributed by atoms with Gasteiger partial charge in [-0.15, -0.1) is 0 Å². The number of rotatable bonds is 4. The van der Waals surface area contributed by atoms with Gasteiger partial charge in [-0.05, 0) is 31.2 Å². The molecule has 20 heavy (non-hydrogen) atoms. The molecule has 5 nitrogen and oxygen atoms in total. The molecule has 102 valence electrons. The lowest BCUT2D eigenvalue weighted by Gasteiger charge is -2.21. The van der Waals surface area contributed by atoms with Gasteiger partial charge in [0, 0.05) is 23.6 Å². The highest BCUT2D eigenvalue weighted by molar-refractivity contribution is 6.08. The molecule has 1 N–H and O–H groups in total. The first-order chi connectivity index (χ1) is 9.58. The lowest BCUT2D eigenvalue weighted by Crippen LogP contribution is -2.35. The number of hydrogen-bond acceptors (Lipinski definition) is 3. The van der Waals surface area contributed by atoms with Crippen LogP contribution in [0, 0.1) is 6.92 Å². The van der Waals surface area contributed by atoms with Crippen molar-refractivity contribution in [1.82, 2.24) is 4.98 Å². The van der Waals surface area contributed by atoms with Crippen LogP contribution in [0.25, 0.3) is 0 Å². The molecule has 1 aromatic carbocycles. The van der Waals surface area contributed by atoms with Gasteiger partial charge in [0.25, 0.3) is 5.91 Å². The number of aryl methyl sites for hydroxylation is 1. The van der Waals surface area contributed by atoms with Gasteiger partial charge in [0.15, 0.2) is 0 Å². The van der Waals surface area contributed by atoms with Crippen LogP contribution in [0.5, 0.6) is 0 Å². The summed E-state index contributed by atoms with van der Waals surface area (Å²) >= 11 is 0. The fourth-order valence-electron chi connectivity index (χ4n) is 1.79. The minimum atomic E-state index is -1.06. The maximum Gasteiger partial charge on any atom is 0.323 e. The molecule has 0 radical (unpaired) electrons. The smallest absolute Gasteiger partial charge is 0.323 e. The van der Waals surface area contributed by atoms with E-state index in [-0.39, 0.29) is 12.5 Å². The first-order valence-electron chi connectivity index (χ1n) is 6.08. The highest BCUT2D eigenvalue weighted by Gasteiger charge is 2.20. The molecule has 0 aliphatic rings. The molecular weight excluding hydrogens is 256 g/mol. The minimum Gasteiger partial charge on any atom is -0.480 e. The molecule has 0 atom stereocenters. The third-order valence-corrected chi connectivity index (χ3v) is 2.81. The molecule has 0 aliphatic carbocycles. The van der Waals surface area contributed by atoms with E-state index < -0.39 is 5.97 Å². The maximum atomic E-state index is 12.4. The number of carbonyl (C=O) groups excluding carboxylic acids is 1. The van der Waals surface area contributed by atoms with Crippen molar-refractivity contribution in [3.63, 3.8) is 0 Å². The van der Waals surface area contributed by atoms with Crippen molar-refractivity contribution < 1.29 is 14.7 Å². The highest BCUT2D eigenvalue weighted by atomic mass is 16.4. The summed E-state index contributed by atoms with van der Waals surface area (Å²) in [5.41, 5.74) is 2.00. The van der Waals surface area contributed by atoms with Crippen molar-refractivity contribution in [2.24, 2.45) is 0 Å². The number of nitrogens with zero attached hydrogens (tertiary/aromatic N) is 2. The third kappa shape index (κ3) is 3.20. The average molecular weight is 270 g/mol. The summed E-state index contributed by atoms with van der Waals surface area (Å²) in [7, 11) is 0. The van der Waals surface area contributed by atoms with Gasteiger partial charge in [-0.2, -0.15) is 0 Å². The van der Waals surface area contributed by atoms with Crippen LogP contribution in [0.3, 0.4) is 0 Å². The topological polar surface area (TPSA) is 70.5 Å². The van der Waals surface area contributed by atoms with E-state index in [0.29, 0.717) is 11.3 Å². The Kier molecular flexibility index (Phi) is 4.10. The lowest BCUT2D eigenvalue weighted by atomic mass is 10.2. The molecule has 5 heteroatoms. The summed E-state index contributed by atoms with van der Waals surface area (Å²) in [6.07, 6.45) is 3.00. The van der Waals surface area contributed by atoms with Crippen molar-refractivity contribution in [3.05, 3.63) is 59.9 Å². The van der Waals surface area contributed by atoms with E-state index in [1.54, 1.807) is 24.3 Å². The number of aliphatic carboxylic acids is 1. The van der Waals surface area contributed by atoms with Crippen molar-refractivity contribution in [2.75, 3.05) is 11.4 Å². The minimum absolute atomic E-state index is 0.362. The number of carboxylic acids is 1. The first kappa shape index (κ1) is 13.7. The lowest BCUT2D eigenvalue weighted by molar-refractivity contribution is -0.135. The zero-order valence-electron chi connectivity index (χ0n) is 11.0. The van der Waals surface area contributed by atoms with Gasteiger partial charge in [0.1, 0.15) is 6.54 Å². The fourth-order valence-corrected chi connectivity index (χ4v) is 1.79. The van der Waals surface area contributed by atoms with Gasteiger partial charge in [0.2, 0.25) is 0 Å². The molecule has 0 unspecified atom stereocenters. The molecule has 1 heterocycles. The maximum absolute atomic E-state index is 12.4. The van der Waals surface area contributed by atoms with Crippen LogP contribution in [0.15, 0.2) is 48.8 Å². The molecule has 0 aliphatic heterocycles. The van der Waals surface area contributed by atoms with Crippen LogP contribution in [0.1, 0.15) is 15.9 Å². The van der Waals surface area contributed by atoms with Gasteiger partial charge in [-0.25, -0.2) is 0 Å². The van der Waals surface area contributed by atoms with E-state index in [1.165, 1.54) is 17.3 Å². The van der Waals surface area contributed by atoms with Gasteiger partial charge >= 0.3 is 5.97 Å². The molecule has 1 aromatic heterocycles. The predicted molar refractivity (Wildman–Crippen MR) is 74.7 cm³/mol. The summed E-state index contributed by atoms with van der Waals surface area (Å²) < 4.78 is 0. The number of anilines is 1. The summed E-state index contributed by atoms with van der Waals surface area (Å²) in [6, 6.07) is 10.3. The Morgan fingerprint density at radius 2 is 1.70 bits per heavy atom. The summed E-state index contributed by atoms with van der Waals surface area (Å²) in [5.74, 6) is -1.42. The van der Waals surface area contributed by atoms with E-state index in [9.17, 15) is 9.59 Å². The van der Waals surface area contributed by atoms with Gasteiger partial charge in [-0.1, -0.05) is 17.7 Å². The molecule has 0 spiro atoms. The van der Waals surface area contributed by atoms with Crippen molar-refractivity contribution in [3.8, 4) is 0 Å². The number of aromatic nitrogens is 1. The zero-order chi connectivity index (χ0) is 14.5. The van der Waals surface area contributed by atoms with Crippen LogP contribution in [0.2, 0.25) is 0 Å². The third-order valence-electron chi connectivity index (χ3n) is 2.81. The number of benzene rings is 1. The normalized spacial score (nSPS) is 10.1. The van der Waals surface area contributed by atoms with Gasteiger partial charge in [-0.3, -0.25) is 19.5 Å². The van der Waals surface area contributed by atoms with E-state index >= 15 is 0 Å². The molecule has 0 fully saturated rings. The Bertz CT molecular complexity index is 609. The summed E-state index contributed by atoms with van der Waals surface area (Å²) in [5, 5.41) is 8.99. The number of carbonyl (C=O) groups is 2. The molecule has 2 rings (SSSR count). The molecule has 0 saturated heterocycles. The van der Waals surface area contributed by atoms with Crippen molar-refractivity contribution in [2.45, 2.75) is 6.92 Å². The predicted octanol–water partition coefficient (Wildman–Crippen LogP) is 2.12. The highest BCUT2D eigenvalue weighted by Crippen LogP contribution is 2.17. The Balaban J connectivity index is 2.35. The first-order valence-corrected chi connectivity index (χ1v) is 6.08. The second-order valence-corrected chi connectivity index (χ2v) is 4.36. The molecule has 1 amide bonds. The molecular formula is C15H14N2O3. The number of carboxylic acid groups (broad SMARTS) is 1. The fraction of sp³-hybridized carbons (Fsp3) is 0.133. The van der Waals surface area contributed by atoms with Crippen LogP contribution < -0.4 is 4.90 Å². The van der Waals surface area contributed by atoms with Crippen molar-refractivity contribution in [1.29, 1.82) is 0 Å². The SMILES string of the molecule is Cc1ccc(N(CC(=O)O)C(=O)c2ccncc2)cc1. The van der Waals surface area contributed by atoms with Crippen LogP contribution in [-0.4, -0.2) is 28.5 Å². The Morgan fingerprint density at radius 1 is 1.10 bits per heavy atom. The summed E-state index contributed by atoms with van der Waals surface area (Å²) in [4.78, 5) is 28.5. The number of amides is 1. The largest absolute Gasteiger partial charge is 0.480 e. The van der Waals surface area contributed by atoms with Gasteiger partial charge < -0.3 is 5.11 Å². The summed E-state index contributed by atoms with van der Waals surface area (Å²) in [6.45, 7) is 1.54. The van der Waals surface area contributed by atoms with E-state index in [2.05, 4.69) is 4.98 Å². The quantitative estimate of drug-likeness (QED) is 0.923. The molecule has 0 saturated carbocycles. The van der Waals surface area contributed by atoms with Crippen LogP contribution in [-0.2, 0) is 4.79 Å². The van der Waals surface area contributed by atoms with E-state index in [4.69, 9.17) is 5.11 Å². The van der Waals surface area contributed by atoms with E-state index in [0.717, 1.165) is 5.56 Å². The van der Waals surface area contributed by atoms with Gasteiger partial charge in [0.05, 0.1) is 0 Å². The molecule has 2 aromatic rings. The van der Waals surface area contributed by atoms with E-state index in [1.807, 2.05) is 19.1 Å². The molecule has 0 bridgehead atoms. The number of pyridine rings is 1. The second-order valence-electron chi connectivity index (χ2n) is 4.36. The Hall–Kier alpha value is -2.69. The van der Waals surface area contributed by atoms with Crippen molar-refractivity contribution >= 4 is 17.6 Å². The second kappa shape index (κ2) is 5.97. The zero-order valence-corrected chi connectivity index (χ0v) is 11.0.